The van der Waals surface area contributed by atoms with E-state index >= 15 is 0 Å². The third-order valence-electron chi connectivity index (χ3n) is 2.28. The molecule has 0 aliphatic heterocycles. The second-order valence-electron chi connectivity index (χ2n) is 3.55. The lowest BCUT2D eigenvalue weighted by Gasteiger charge is -2.06. The molecule has 0 N–H and O–H groups in total. The van der Waals surface area contributed by atoms with Crippen LogP contribution in [0.4, 0.5) is 0 Å². The van der Waals surface area contributed by atoms with Gasteiger partial charge < -0.3 is 0 Å². The van der Waals surface area contributed by atoms with Gasteiger partial charge in [-0.3, -0.25) is 0 Å². The molecule has 16 heavy (non-hydrogen) atoms. The van der Waals surface area contributed by atoms with Crippen molar-refractivity contribution in [2.45, 2.75) is 4.90 Å². The van der Waals surface area contributed by atoms with Crippen molar-refractivity contribution in [3.8, 4) is 11.1 Å². The Morgan fingerprint density at radius 2 is 1.69 bits per heavy atom. The van der Waals surface area contributed by atoms with Gasteiger partial charge >= 0.3 is 0 Å². The van der Waals surface area contributed by atoms with Gasteiger partial charge in [0.05, 0.1) is 4.90 Å². The van der Waals surface area contributed by atoms with Crippen LogP contribution in [-0.4, -0.2) is 14.7 Å². The maximum atomic E-state index is 11.6. The predicted molar refractivity (Wildman–Crippen MR) is 63.8 cm³/mol. The molecular weight excluding hydrogens is 220 g/mol. The van der Waals surface area contributed by atoms with E-state index < -0.39 is 9.84 Å². The molecule has 0 saturated heterocycles. The van der Waals surface area contributed by atoms with Crippen LogP contribution in [0.2, 0.25) is 0 Å². The SMILES string of the molecule is CS(=O)(=O)c1ccc[c]c1-c1ccccc1. The van der Waals surface area contributed by atoms with E-state index in [1.807, 2.05) is 30.3 Å². The van der Waals surface area contributed by atoms with Gasteiger partial charge in [-0.05, 0) is 17.7 Å². The Kier molecular flexibility index (Phi) is 2.79. The van der Waals surface area contributed by atoms with E-state index in [1.54, 1.807) is 18.2 Å². The first-order valence-corrected chi connectivity index (χ1v) is 6.74. The van der Waals surface area contributed by atoms with E-state index in [1.165, 1.54) is 6.26 Å². The molecule has 0 aliphatic carbocycles. The highest BCUT2D eigenvalue weighted by Gasteiger charge is 2.13. The van der Waals surface area contributed by atoms with Crippen LogP contribution in [0.15, 0.2) is 53.4 Å². The lowest BCUT2D eigenvalue weighted by atomic mass is 10.1. The summed E-state index contributed by atoms with van der Waals surface area (Å²) in [5, 5.41) is 0. The molecule has 3 heteroatoms. The zero-order valence-corrected chi connectivity index (χ0v) is 9.66. The number of benzene rings is 2. The zero-order chi connectivity index (χ0) is 11.6. The average molecular weight is 231 g/mol. The summed E-state index contributed by atoms with van der Waals surface area (Å²) in [6.45, 7) is 0. The Bertz CT molecular complexity index is 586. The van der Waals surface area contributed by atoms with Crippen molar-refractivity contribution in [3.63, 3.8) is 0 Å². The Labute approximate surface area is 95.5 Å². The fraction of sp³-hybridized carbons (Fsp3) is 0.0769. The summed E-state index contributed by atoms with van der Waals surface area (Å²) >= 11 is 0. The highest BCUT2D eigenvalue weighted by Crippen LogP contribution is 2.26. The second-order valence-corrected chi connectivity index (χ2v) is 5.53. The Morgan fingerprint density at radius 1 is 1.00 bits per heavy atom. The summed E-state index contributed by atoms with van der Waals surface area (Å²) in [4.78, 5) is 0.321. The van der Waals surface area contributed by atoms with Crippen LogP contribution in [0.1, 0.15) is 0 Å². The van der Waals surface area contributed by atoms with Crippen molar-refractivity contribution < 1.29 is 8.42 Å². The minimum absolute atomic E-state index is 0.321. The van der Waals surface area contributed by atoms with Crippen molar-refractivity contribution in [1.82, 2.24) is 0 Å². The van der Waals surface area contributed by atoms with Crippen molar-refractivity contribution >= 4 is 9.84 Å². The second kappa shape index (κ2) is 4.10. The minimum atomic E-state index is -3.21. The maximum absolute atomic E-state index is 11.6. The quantitative estimate of drug-likeness (QED) is 0.796. The molecule has 1 radical (unpaired) electrons. The molecule has 0 saturated carbocycles. The van der Waals surface area contributed by atoms with Gasteiger partial charge in [0.15, 0.2) is 9.84 Å². The highest BCUT2D eigenvalue weighted by atomic mass is 32.2. The first-order valence-electron chi connectivity index (χ1n) is 4.85. The average Bonchev–Trinajstić information content (AvgIpc) is 2.29. The fourth-order valence-corrected chi connectivity index (χ4v) is 2.43. The molecule has 0 spiro atoms. The zero-order valence-electron chi connectivity index (χ0n) is 8.84. The first kappa shape index (κ1) is 10.9. The lowest BCUT2D eigenvalue weighted by Crippen LogP contribution is -1.99. The Morgan fingerprint density at radius 3 is 2.31 bits per heavy atom. The van der Waals surface area contributed by atoms with Crippen LogP contribution in [0.5, 0.6) is 0 Å². The topological polar surface area (TPSA) is 34.1 Å². The van der Waals surface area contributed by atoms with Crippen molar-refractivity contribution in [3.05, 3.63) is 54.6 Å². The van der Waals surface area contributed by atoms with Crippen LogP contribution >= 0.6 is 0 Å². The van der Waals surface area contributed by atoms with Gasteiger partial charge in [0.25, 0.3) is 0 Å². The molecule has 0 atom stereocenters. The molecule has 0 aliphatic rings. The molecule has 0 bridgehead atoms. The summed E-state index contributed by atoms with van der Waals surface area (Å²) in [7, 11) is -3.21. The maximum Gasteiger partial charge on any atom is 0.176 e. The summed E-state index contributed by atoms with van der Waals surface area (Å²) in [5.74, 6) is 0. The highest BCUT2D eigenvalue weighted by molar-refractivity contribution is 7.90. The van der Waals surface area contributed by atoms with Gasteiger partial charge in [-0.25, -0.2) is 8.42 Å². The summed E-state index contributed by atoms with van der Waals surface area (Å²) in [6.07, 6.45) is 1.21. The monoisotopic (exact) mass is 231 g/mol. The van der Waals surface area contributed by atoms with Crippen LogP contribution < -0.4 is 0 Å². The van der Waals surface area contributed by atoms with E-state index in [0.29, 0.717) is 10.5 Å². The van der Waals surface area contributed by atoms with Crippen molar-refractivity contribution in [1.29, 1.82) is 0 Å². The Balaban J connectivity index is 2.68. The van der Waals surface area contributed by atoms with Gasteiger partial charge in [0, 0.05) is 11.8 Å². The fourth-order valence-electron chi connectivity index (χ4n) is 1.56. The van der Waals surface area contributed by atoms with E-state index in [2.05, 4.69) is 6.07 Å². The molecule has 0 heterocycles. The van der Waals surface area contributed by atoms with Crippen LogP contribution in [0.3, 0.4) is 0 Å². The van der Waals surface area contributed by atoms with Crippen molar-refractivity contribution in [2.24, 2.45) is 0 Å². The molecule has 81 valence electrons. The molecule has 0 fully saturated rings. The minimum Gasteiger partial charge on any atom is -0.224 e. The number of hydrogen-bond donors (Lipinski definition) is 0. The van der Waals surface area contributed by atoms with Gasteiger partial charge in [-0.15, -0.1) is 0 Å². The Hall–Kier alpha value is -1.61. The lowest BCUT2D eigenvalue weighted by molar-refractivity contribution is 0.602. The molecule has 2 rings (SSSR count). The van der Waals surface area contributed by atoms with Gasteiger partial charge in [-0.2, -0.15) is 0 Å². The summed E-state index contributed by atoms with van der Waals surface area (Å²) < 4.78 is 23.2. The normalized spacial score (nSPS) is 11.3. The van der Waals surface area contributed by atoms with Gasteiger partial charge in [0.1, 0.15) is 0 Å². The number of sulfone groups is 1. The summed E-state index contributed by atoms with van der Waals surface area (Å²) in [5.41, 5.74) is 1.49. The third kappa shape index (κ3) is 2.14. The number of rotatable bonds is 2. The van der Waals surface area contributed by atoms with Gasteiger partial charge in [0.2, 0.25) is 0 Å². The standard InChI is InChI=1S/C13H11O2S/c1-16(14,15)13-10-6-5-9-12(13)11-7-3-2-4-8-11/h2-8,10H,1H3. The summed E-state index contributed by atoms with van der Waals surface area (Å²) in [6, 6.07) is 17.4. The third-order valence-corrected chi connectivity index (χ3v) is 3.42. The largest absolute Gasteiger partial charge is 0.224 e. The smallest absolute Gasteiger partial charge is 0.176 e. The molecular formula is C13H11O2S. The van der Waals surface area contributed by atoms with Crippen LogP contribution in [0.25, 0.3) is 11.1 Å². The van der Waals surface area contributed by atoms with Gasteiger partial charge in [-0.1, -0.05) is 42.5 Å². The number of hydrogen-bond acceptors (Lipinski definition) is 2. The molecule has 2 nitrogen and oxygen atoms in total. The van der Waals surface area contributed by atoms with Crippen LogP contribution in [0, 0.1) is 6.07 Å². The predicted octanol–water partition coefficient (Wildman–Crippen LogP) is 2.56. The van der Waals surface area contributed by atoms with Crippen LogP contribution in [-0.2, 0) is 9.84 Å². The van der Waals surface area contributed by atoms with E-state index in [-0.39, 0.29) is 0 Å². The van der Waals surface area contributed by atoms with Crippen molar-refractivity contribution in [2.75, 3.05) is 6.26 Å². The first-order chi connectivity index (χ1) is 7.59. The molecule has 0 unspecified atom stereocenters. The molecule has 0 amide bonds. The van der Waals surface area contributed by atoms with E-state index in [4.69, 9.17) is 0 Å². The molecule has 2 aromatic rings. The molecule has 2 aromatic carbocycles. The molecule has 0 aromatic heterocycles. The van der Waals surface area contributed by atoms with E-state index in [9.17, 15) is 8.42 Å². The van der Waals surface area contributed by atoms with E-state index in [0.717, 1.165) is 5.56 Å².